The molecule has 3 atom stereocenters. The van der Waals surface area contributed by atoms with Gasteiger partial charge in [-0.3, -0.25) is 0 Å². The Labute approximate surface area is 120 Å². The highest BCUT2D eigenvalue weighted by atomic mass is 16.5. The number of aromatic carboxylic acids is 1. The molecule has 0 bridgehead atoms. The molecule has 1 saturated carbocycles. The predicted octanol–water partition coefficient (Wildman–Crippen LogP) is 3.62. The number of carboxylic acid groups (broad SMARTS) is 1. The van der Waals surface area contributed by atoms with Crippen LogP contribution in [-0.2, 0) is 0 Å². The lowest BCUT2D eigenvalue weighted by molar-refractivity contribution is 0.0457. The molecule has 0 spiro atoms. The van der Waals surface area contributed by atoms with Gasteiger partial charge in [0.2, 0.25) is 0 Å². The second-order valence-electron chi connectivity index (χ2n) is 6.17. The molecule has 0 amide bonds. The molecule has 0 radical (unpaired) electrons. The summed E-state index contributed by atoms with van der Waals surface area (Å²) in [5, 5.41) is 8.84. The van der Waals surface area contributed by atoms with Gasteiger partial charge in [0.15, 0.2) is 0 Å². The first kappa shape index (κ1) is 14.8. The summed E-state index contributed by atoms with van der Waals surface area (Å²) in [4.78, 5) is 14.7. The van der Waals surface area contributed by atoms with Gasteiger partial charge in [-0.25, -0.2) is 9.78 Å². The highest BCUT2D eigenvalue weighted by Gasteiger charge is 2.32. The van der Waals surface area contributed by atoms with Gasteiger partial charge in [-0.1, -0.05) is 27.2 Å². The maximum Gasteiger partial charge on any atom is 0.354 e. The topological polar surface area (TPSA) is 59.4 Å². The Kier molecular flexibility index (Phi) is 4.63. The van der Waals surface area contributed by atoms with Crippen molar-refractivity contribution in [3.8, 4) is 5.75 Å². The van der Waals surface area contributed by atoms with E-state index in [0.29, 0.717) is 23.5 Å². The zero-order valence-corrected chi connectivity index (χ0v) is 12.4. The molecule has 1 aliphatic rings. The molecule has 1 N–H and O–H groups in total. The quantitative estimate of drug-likeness (QED) is 0.913. The Bertz CT molecular complexity index is 455. The van der Waals surface area contributed by atoms with E-state index >= 15 is 0 Å². The standard InChI is InChI=1S/C16H23NO3/c1-10(2)13-6-4-11(3)8-15(13)20-12-5-7-14(16(18)19)17-9-12/h5,7,9-11,13,15H,4,6,8H2,1-3H3,(H,18,19). The van der Waals surface area contributed by atoms with Gasteiger partial charge in [-0.15, -0.1) is 0 Å². The lowest BCUT2D eigenvalue weighted by atomic mass is 9.75. The highest BCUT2D eigenvalue weighted by molar-refractivity contribution is 5.85. The minimum Gasteiger partial charge on any atom is -0.489 e. The molecule has 1 fully saturated rings. The van der Waals surface area contributed by atoms with E-state index in [9.17, 15) is 4.79 Å². The molecule has 110 valence electrons. The largest absolute Gasteiger partial charge is 0.489 e. The zero-order valence-electron chi connectivity index (χ0n) is 12.4. The summed E-state index contributed by atoms with van der Waals surface area (Å²) >= 11 is 0. The van der Waals surface area contributed by atoms with E-state index in [-0.39, 0.29) is 11.8 Å². The van der Waals surface area contributed by atoms with E-state index in [4.69, 9.17) is 9.84 Å². The van der Waals surface area contributed by atoms with Crippen molar-refractivity contribution in [1.29, 1.82) is 0 Å². The van der Waals surface area contributed by atoms with Crippen LogP contribution >= 0.6 is 0 Å². The molecule has 20 heavy (non-hydrogen) atoms. The van der Waals surface area contributed by atoms with Crippen LogP contribution in [0.1, 0.15) is 50.5 Å². The minimum atomic E-state index is -1.01. The number of carbonyl (C=O) groups is 1. The first-order valence-electron chi connectivity index (χ1n) is 7.33. The van der Waals surface area contributed by atoms with Crippen LogP contribution in [0.5, 0.6) is 5.75 Å². The van der Waals surface area contributed by atoms with Crippen molar-refractivity contribution in [3.05, 3.63) is 24.0 Å². The molecule has 1 aromatic rings. The molecule has 2 rings (SSSR count). The van der Waals surface area contributed by atoms with Gasteiger partial charge in [0.1, 0.15) is 17.5 Å². The molecule has 4 heteroatoms. The summed E-state index contributed by atoms with van der Waals surface area (Å²) in [6, 6.07) is 3.20. The van der Waals surface area contributed by atoms with E-state index < -0.39 is 5.97 Å². The van der Waals surface area contributed by atoms with Crippen LogP contribution in [0.25, 0.3) is 0 Å². The maximum atomic E-state index is 10.8. The molecular formula is C16H23NO3. The molecule has 0 aromatic carbocycles. The first-order valence-corrected chi connectivity index (χ1v) is 7.33. The van der Waals surface area contributed by atoms with E-state index in [2.05, 4.69) is 25.8 Å². The van der Waals surface area contributed by atoms with Crippen LogP contribution in [0.4, 0.5) is 0 Å². The van der Waals surface area contributed by atoms with Gasteiger partial charge in [-0.2, -0.15) is 0 Å². The average Bonchev–Trinajstić information content (AvgIpc) is 2.39. The SMILES string of the molecule is CC1CCC(C(C)C)C(Oc2ccc(C(=O)O)nc2)C1. The third-order valence-electron chi connectivity index (χ3n) is 4.20. The monoisotopic (exact) mass is 277 g/mol. The summed E-state index contributed by atoms with van der Waals surface area (Å²) in [7, 11) is 0. The molecule has 0 saturated heterocycles. The van der Waals surface area contributed by atoms with Crippen molar-refractivity contribution >= 4 is 5.97 Å². The summed E-state index contributed by atoms with van der Waals surface area (Å²) in [6.45, 7) is 6.74. The molecular weight excluding hydrogens is 254 g/mol. The summed E-state index contributed by atoms with van der Waals surface area (Å²) < 4.78 is 6.08. The van der Waals surface area contributed by atoms with Crippen molar-refractivity contribution < 1.29 is 14.6 Å². The van der Waals surface area contributed by atoms with Gasteiger partial charge in [-0.05, 0) is 42.7 Å². The Hall–Kier alpha value is -1.58. The number of hydrogen-bond donors (Lipinski definition) is 1. The number of nitrogens with zero attached hydrogens (tertiary/aromatic N) is 1. The first-order chi connectivity index (χ1) is 9.47. The van der Waals surface area contributed by atoms with Crippen molar-refractivity contribution in [2.45, 2.75) is 46.1 Å². The van der Waals surface area contributed by atoms with E-state index in [1.807, 2.05) is 0 Å². The second kappa shape index (κ2) is 6.25. The smallest absolute Gasteiger partial charge is 0.354 e. The van der Waals surface area contributed by atoms with Crippen molar-refractivity contribution in [3.63, 3.8) is 0 Å². The van der Waals surface area contributed by atoms with Crippen molar-refractivity contribution in [1.82, 2.24) is 4.98 Å². The fraction of sp³-hybridized carbons (Fsp3) is 0.625. The van der Waals surface area contributed by atoms with Gasteiger partial charge >= 0.3 is 5.97 Å². The van der Waals surface area contributed by atoms with Crippen LogP contribution in [-0.4, -0.2) is 22.2 Å². The van der Waals surface area contributed by atoms with Gasteiger partial charge in [0.05, 0.1) is 6.20 Å². The van der Waals surface area contributed by atoms with Crippen LogP contribution in [0.15, 0.2) is 18.3 Å². The molecule has 1 heterocycles. The Morgan fingerprint density at radius 3 is 2.70 bits per heavy atom. The normalized spacial score (nSPS) is 26.5. The third kappa shape index (κ3) is 3.50. The van der Waals surface area contributed by atoms with Gasteiger partial charge < -0.3 is 9.84 Å². The molecule has 0 aliphatic heterocycles. The molecule has 1 aromatic heterocycles. The van der Waals surface area contributed by atoms with Gasteiger partial charge in [0, 0.05) is 0 Å². The fourth-order valence-corrected chi connectivity index (χ4v) is 3.00. The molecule has 3 unspecified atom stereocenters. The third-order valence-corrected chi connectivity index (χ3v) is 4.20. The average molecular weight is 277 g/mol. The number of pyridine rings is 1. The van der Waals surface area contributed by atoms with E-state index in [1.54, 1.807) is 6.07 Å². The minimum absolute atomic E-state index is 0.0507. The number of ether oxygens (including phenoxy) is 1. The lowest BCUT2D eigenvalue weighted by Crippen LogP contribution is -2.36. The number of carboxylic acids is 1. The summed E-state index contributed by atoms with van der Waals surface area (Å²) in [5.41, 5.74) is 0.0507. The summed E-state index contributed by atoms with van der Waals surface area (Å²) in [5.74, 6) is 1.49. The molecule has 4 nitrogen and oxygen atoms in total. The number of aromatic nitrogens is 1. The lowest BCUT2D eigenvalue weighted by Gasteiger charge is -2.37. The maximum absolute atomic E-state index is 10.8. The predicted molar refractivity (Wildman–Crippen MR) is 77.0 cm³/mol. The second-order valence-corrected chi connectivity index (χ2v) is 6.17. The van der Waals surface area contributed by atoms with Crippen LogP contribution in [0, 0.1) is 17.8 Å². The Morgan fingerprint density at radius 2 is 2.15 bits per heavy atom. The Balaban J connectivity index is 2.07. The van der Waals surface area contributed by atoms with E-state index in [1.165, 1.54) is 25.1 Å². The fourth-order valence-electron chi connectivity index (χ4n) is 3.00. The zero-order chi connectivity index (χ0) is 14.7. The van der Waals surface area contributed by atoms with Crippen LogP contribution in [0.3, 0.4) is 0 Å². The number of hydrogen-bond acceptors (Lipinski definition) is 3. The Morgan fingerprint density at radius 1 is 1.40 bits per heavy atom. The van der Waals surface area contributed by atoms with Crippen molar-refractivity contribution in [2.75, 3.05) is 0 Å². The highest BCUT2D eigenvalue weighted by Crippen LogP contribution is 2.35. The van der Waals surface area contributed by atoms with Crippen LogP contribution in [0.2, 0.25) is 0 Å². The number of rotatable bonds is 4. The van der Waals surface area contributed by atoms with E-state index in [0.717, 1.165) is 6.42 Å². The van der Waals surface area contributed by atoms with Crippen molar-refractivity contribution in [2.24, 2.45) is 17.8 Å². The van der Waals surface area contributed by atoms with Crippen LogP contribution < -0.4 is 4.74 Å². The van der Waals surface area contributed by atoms with Gasteiger partial charge in [0.25, 0.3) is 0 Å². The molecule has 1 aliphatic carbocycles. The summed E-state index contributed by atoms with van der Waals surface area (Å²) in [6.07, 6.45) is 5.24.